The van der Waals surface area contributed by atoms with E-state index < -0.39 is 0 Å². The van der Waals surface area contributed by atoms with Gasteiger partial charge < -0.3 is 10.2 Å². The number of likely N-dealkylation sites (N-methyl/N-ethyl adjacent to an activating group) is 1. The highest BCUT2D eigenvalue weighted by atomic mass is 35.5. The number of hydrogen-bond donors (Lipinski definition) is 1. The SMILES string of the molecule is CNC1CCCN(C(=O)c2csc(-c3ccccc3F)n2)C1.Cl.Cl. The topological polar surface area (TPSA) is 45.2 Å². The second-order valence-corrected chi connectivity index (χ2v) is 6.25. The third-order valence-corrected chi connectivity index (χ3v) is 4.82. The van der Waals surface area contributed by atoms with E-state index in [0.717, 1.165) is 19.4 Å². The summed E-state index contributed by atoms with van der Waals surface area (Å²) >= 11 is 1.30. The molecule has 1 amide bonds. The van der Waals surface area contributed by atoms with Crippen LogP contribution in [0.4, 0.5) is 4.39 Å². The number of nitrogens with one attached hydrogen (secondary N) is 1. The number of amides is 1. The average Bonchev–Trinajstić information content (AvgIpc) is 3.04. The van der Waals surface area contributed by atoms with E-state index in [1.165, 1.54) is 17.4 Å². The van der Waals surface area contributed by atoms with E-state index in [2.05, 4.69) is 10.3 Å². The lowest BCUT2D eigenvalue weighted by Gasteiger charge is -2.32. The fraction of sp³-hybridized carbons (Fsp3) is 0.375. The van der Waals surface area contributed by atoms with Crippen LogP contribution in [0, 0.1) is 5.82 Å². The van der Waals surface area contributed by atoms with Gasteiger partial charge in [0.05, 0.1) is 0 Å². The number of carbonyl (C=O) groups is 1. The van der Waals surface area contributed by atoms with Crippen molar-refractivity contribution in [1.82, 2.24) is 15.2 Å². The van der Waals surface area contributed by atoms with Gasteiger partial charge >= 0.3 is 0 Å². The van der Waals surface area contributed by atoms with E-state index in [9.17, 15) is 9.18 Å². The molecule has 0 radical (unpaired) electrons. The number of aromatic nitrogens is 1. The molecule has 2 aromatic rings. The maximum absolute atomic E-state index is 13.8. The van der Waals surface area contributed by atoms with Crippen LogP contribution in [0.3, 0.4) is 0 Å². The molecular weight excluding hydrogens is 372 g/mol. The molecule has 2 heterocycles. The van der Waals surface area contributed by atoms with Crippen LogP contribution in [0.2, 0.25) is 0 Å². The summed E-state index contributed by atoms with van der Waals surface area (Å²) < 4.78 is 13.8. The van der Waals surface area contributed by atoms with E-state index in [4.69, 9.17) is 0 Å². The zero-order valence-electron chi connectivity index (χ0n) is 13.2. The van der Waals surface area contributed by atoms with Crippen LogP contribution >= 0.6 is 36.2 Å². The van der Waals surface area contributed by atoms with Gasteiger partial charge in [-0.1, -0.05) is 12.1 Å². The number of thiazole rings is 1. The first-order valence-electron chi connectivity index (χ1n) is 7.36. The molecule has 1 aromatic heterocycles. The highest BCUT2D eigenvalue weighted by Crippen LogP contribution is 2.27. The Morgan fingerprint density at radius 2 is 2.12 bits per heavy atom. The zero-order chi connectivity index (χ0) is 15.5. The van der Waals surface area contributed by atoms with E-state index in [1.54, 1.807) is 23.6 Å². The molecule has 1 atom stereocenters. The van der Waals surface area contributed by atoms with E-state index in [1.807, 2.05) is 11.9 Å². The molecule has 3 rings (SSSR count). The summed E-state index contributed by atoms with van der Waals surface area (Å²) in [6, 6.07) is 6.83. The van der Waals surface area contributed by atoms with Gasteiger partial charge in [0.1, 0.15) is 16.5 Å². The molecule has 0 saturated carbocycles. The molecular formula is C16H20Cl2FN3OS. The van der Waals surface area contributed by atoms with Crippen molar-refractivity contribution in [2.24, 2.45) is 0 Å². The molecule has 24 heavy (non-hydrogen) atoms. The fourth-order valence-corrected chi connectivity index (χ4v) is 3.51. The Hall–Kier alpha value is -1.21. The predicted molar refractivity (Wildman–Crippen MR) is 100.0 cm³/mol. The second-order valence-electron chi connectivity index (χ2n) is 5.40. The lowest BCUT2D eigenvalue weighted by Crippen LogP contribution is -2.47. The number of halogens is 3. The molecule has 0 spiro atoms. The minimum Gasteiger partial charge on any atom is -0.336 e. The number of carbonyl (C=O) groups excluding carboxylic acids is 1. The summed E-state index contributed by atoms with van der Waals surface area (Å²) in [7, 11) is 1.91. The van der Waals surface area contributed by atoms with Gasteiger partial charge in [-0.3, -0.25) is 4.79 Å². The second kappa shape index (κ2) is 9.32. The first kappa shape index (κ1) is 20.8. The van der Waals surface area contributed by atoms with E-state index in [0.29, 0.717) is 28.9 Å². The summed E-state index contributed by atoms with van der Waals surface area (Å²) in [4.78, 5) is 18.7. The number of benzene rings is 1. The average molecular weight is 392 g/mol. The van der Waals surface area contributed by atoms with Crippen LogP contribution in [-0.4, -0.2) is 42.0 Å². The van der Waals surface area contributed by atoms with Crippen LogP contribution in [0.5, 0.6) is 0 Å². The van der Waals surface area contributed by atoms with Crippen molar-refractivity contribution in [2.75, 3.05) is 20.1 Å². The van der Waals surface area contributed by atoms with Gasteiger partial charge in [-0.2, -0.15) is 0 Å². The number of piperidine rings is 1. The molecule has 1 aliphatic heterocycles. The highest BCUT2D eigenvalue weighted by molar-refractivity contribution is 7.13. The lowest BCUT2D eigenvalue weighted by molar-refractivity contribution is 0.0693. The molecule has 1 aromatic carbocycles. The van der Waals surface area contributed by atoms with Crippen LogP contribution in [-0.2, 0) is 0 Å². The van der Waals surface area contributed by atoms with Gasteiger partial charge in [0.25, 0.3) is 5.91 Å². The van der Waals surface area contributed by atoms with Gasteiger partial charge in [0.2, 0.25) is 0 Å². The van der Waals surface area contributed by atoms with Crippen molar-refractivity contribution >= 4 is 42.1 Å². The molecule has 1 fully saturated rings. The number of likely N-dealkylation sites (tertiary alicyclic amines) is 1. The van der Waals surface area contributed by atoms with Crippen LogP contribution in [0.1, 0.15) is 23.3 Å². The van der Waals surface area contributed by atoms with E-state index >= 15 is 0 Å². The van der Waals surface area contributed by atoms with E-state index in [-0.39, 0.29) is 36.5 Å². The van der Waals surface area contributed by atoms with Crippen molar-refractivity contribution in [3.63, 3.8) is 0 Å². The quantitative estimate of drug-likeness (QED) is 0.868. The molecule has 1 unspecified atom stereocenters. The molecule has 1 N–H and O–H groups in total. The zero-order valence-corrected chi connectivity index (χ0v) is 15.6. The Morgan fingerprint density at radius 1 is 1.38 bits per heavy atom. The number of nitrogens with zero attached hydrogens (tertiary/aromatic N) is 2. The summed E-state index contributed by atoms with van der Waals surface area (Å²) in [5.74, 6) is -0.386. The molecule has 4 nitrogen and oxygen atoms in total. The largest absolute Gasteiger partial charge is 0.336 e. The predicted octanol–water partition coefficient (Wildman–Crippen LogP) is 3.62. The van der Waals surface area contributed by atoms with Crippen molar-refractivity contribution in [2.45, 2.75) is 18.9 Å². The molecule has 1 saturated heterocycles. The molecule has 8 heteroatoms. The highest BCUT2D eigenvalue weighted by Gasteiger charge is 2.25. The summed E-state index contributed by atoms with van der Waals surface area (Å²) in [6.07, 6.45) is 2.07. The normalized spacial score (nSPS) is 16.9. The molecule has 132 valence electrons. The Morgan fingerprint density at radius 3 is 2.83 bits per heavy atom. The van der Waals surface area contributed by atoms with Crippen molar-refractivity contribution in [3.05, 3.63) is 41.2 Å². The van der Waals surface area contributed by atoms with Gasteiger partial charge in [-0.15, -0.1) is 36.2 Å². The smallest absolute Gasteiger partial charge is 0.273 e. The first-order valence-corrected chi connectivity index (χ1v) is 8.24. The molecule has 0 aliphatic carbocycles. The molecule has 1 aliphatic rings. The summed E-state index contributed by atoms with van der Waals surface area (Å²) in [5.41, 5.74) is 0.846. The standard InChI is InChI=1S/C16H18FN3OS.2ClH/c1-18-11-5-4-8-20(9-11)16(21)14-10-22-15(19-14)12-6-2-3-7-13(12)17;;/h2-3,6-7,10-11,18H,4-5,8-9H2,1H3;2*1H. The maximum Gasteiger partial charge on any atom is 0.273 e. The first-order chi connectivity index (χ1) is 10.7. The lowest BCUT2D eigenvalue weighted by atomic mass is 10.1. The van der Waals surface area contributed by atoms with Crippen molar-refractivity contribution in [1.29, 1.82) is 0 Å². The van der Waals surface area contributed by atoms with Crippen LogP contribution < -0.4 is 5.32 Å². The van der Waals surface area contributed by atoms with Crippen molar-refractivity contribution in [3.8, 4) is 10.6 Å². The fourth-order valence-electron chi connectivity index (χ4n) is 2.69. The van der Waals surface area contributed by atoms with Crippen molar-refractivity contribution < 1.29 is 9.18 Å². The Kier molecular flexibility index (Phi) is 8.09. The Balaban J connectivity index is 0.00000144. The summed E-state index contributed by atoms with van der Waals surface area (Å²) in [5, 5.41) is 5.48. The van der Waals surface area contributed by atoms with Crippen LogP contribution in [0.15, 0.2) is 29.6 Å². The van der Waals surface area contributed by atoms with Gasteiger partial charge in [-0.25, -0.2) is 9.37 Å². The number of rotatable bonds is 3. The Labute approximate surface area is 157 Å². The summed E-state index contributed by atoms with van der Waals surface area (Å²) in [6.45, 7) is 1.45. The molecule has 0 bridgehead atoms. The van der Waals surface area contributed by atoms with Crippen LogP contribution in [0.25, 0.3) is 10.6 Å². The number of hydrogen-bond acceptors (Lipinski definition) is 4. The minimum absolute atomic E-state index is 0. The third kappa shape index (κ3) is 4.45. The van der Waals surface area contributed by atoms with Gasteiger partial charge in [-0.05, 0) is 32.0 Å². The third-order valence-electron chi connectivity index (χ3n) is 3.94. The maximum atomic E-state index is 13.8. The minimum atomic E-state index is -0.316. The Bertz CT molecular complexity index is 683. The van der Waals surface area contributed by atoms with Gasteiger partial charge in [0.15, 0.2) is 0 Å². The monoisotopic (exact) mass is 391 g/mol. The van der Waals surface area contributed by atoms with Gasteiger partial charge in [0, 0.05) is 30.1 Å².